The Morgan fingerprint density at radius 2 is 2.10 bits per heavy atom. The Hall–Kier alpha value is -2.16. The Kier molecular flexibility index (Phi) is 5.09. The van der Waals surface area contributed by atoms with Crippen LogP contribution in [0.1, 0.15) is 5.56 Å². The number of hydrogen-bond acceptors (Lipinski definition) is 4. The molecule has 5 nitrogen and oxygen atoms in total. The minimum atomic E-state index is -0.258. The fraction of sp³-hybridized carbons (Fsp3) is 0.267. The summed E-state index contributed by atoms with van der Waals surface area (Å²) >= 11 is 5.87. The van der Waals surface area contributed by atoms with Gasteiger partial charge < -0.3 is 4.74 Å². The molecular formula is C15H14ClN3O2. The summed E-state index contributed by atoms with van der Waals surface area (Å²) in [6.45, 7) is 0.720. The van der Waals surface area contributed by atoms with Crippen LogP contribution in [0.2, 0.25) is 5.02 Å². The third-order valence-electron chi connectivity index (χ3n) is 2.97. The van der Waals surface area contributed by atoms with Gasteiger partial charge in [0.1, 0.15) is 0 Å². The number of rotatable bonds is 5. The van der Waals surface area contributed by atoms with Crippen molar-refractivity contribution in [2.24, 2.45) is 0 Å². The summed E-state index contributed by atoms with van der Waals surface area (Å²) in [4.78, 5) is 12.2. The number of aromatic nitrogens is 2. The Balaban J connectivity index is 2.50. The maximum Gasteiger partial charge on any atom is 0.271 e. The molecule has 0 radical (unpaired) electrons. The summed E-state index contributed by atoms with van der Waals surface area (Å²) in [5, 5.41) is 13.8. The number of nitrogens with zero attached hydrogens (tertiary/aromatic N) is 3. The molecule has 1 aromatic carbocycles. The summed E-state index contributed by atoms with van der Waals surface area (Å²) in [6.07, 6.45) is 0.0505. The first-order valence-electron chi connectivity index (χ1n) is 6.38. The van der Waals surface area contributed by atoms with Crippen LogP contribution in [0.15, 0.2) is 35.1 Å². The highest BCUT2D eigenvalue weighted by Crippen LogP contribution is 2.19. The van der Waals surface area contributed by atoms with Gasteiger partial charge >= 0.3 is 0 Å². The quantitative estimate of drug-likeness (QED) is 0.850. The zero-order chi connectivity index (χ0) is 15.2. The van der Waals surface area contributed by atoms with Gasteiger partial charge in [-0.15, -0.1) is 0 Å². The van der Waals surface area contributed by atoms with E-state index in [4.69, 9.17) is 21.6 Å². The molecule has 108 valence electrons. The van der Waals surface area contributed by atoms with Crippen molar-refractivity contribution in [3.63, 3.8) is 0 Å². The zero-order valence-corrected chi connectivity index (χ0v) is 12.3. The van der Waals surface area contributed by atoms with Crippen LogP contribution in [0.25, 0.3) is 11.3 Å². The fourth-order valence-corrected chi connectivity index (χ4v) is 2.03. The molecule has 0 spiro atoms. The van der Waals surface area contributed by atoms with E-state index in [9.17, 15) is 4.79 Å². The highest BCUT2D eigenvalue weighted by molar-refractivity contribution is 6.30. The maximum absolute atomic E-state index is 12.2. The molecule has 0 aliphatic rings. The van der Waals surface area contributed by atoms with Crippen molar-refractivity contribution in [1.29, 1.82) is 5.26 Å². The normalized spacial score (nSPS) is 10.3. The first-order chi connectivity index (χ1) is 10.2. The van der Waals surface area contributed by atoms with Crippen molar-refractivity contribution in [3.05, 3.63) is 51.3 Å². The number of ether oxygens (including phenoxy) is 1. The van der Waals surface area contributed by atoms with Crippen LogP contribution >= 0.6 is 11.6 Å². The smallest absolute Gasteiger partial charge is 0.271 e. The van der Waals surface area contributed by atoms with Gasteiger partial charge in [0.2, 0.25) is 0 Å². The second kappa shape index (κ2) is 7.02. The third-order valence-corrected chi connectivity index (χ3v) is 3.22. The minimum absolute atomic E-state index is 0.0505. The molecule has 0 unspecified atom stereocenters. The van der Waals surface area contributed by atoms with Crippen molar-refractivity contribution in [2.45, 2.75) is 13.0 Å². The topological polar surface area (TPSA) is 67.9 Å². The van der Waals surface area contributed by atoms with Crippen LogP contribution in [0.3, 0.4) is 0 Å². The van der Waals surface area contributed by atoms with Crippen molar-refractivity contribution in [3.8, 4) is 17.3 Å². The Bertz CT molecular complexity index is 717. The van der Waals surface area contributed by atoms with Crippen molar-refractivity contribution in [2.75, 3.05) is 13.7 Å². The monoisotopic (exact) mass is 303 g/mol. The van der Waals surface area contributed by atoms with E-state index in [1.165, 1.54) is 4.68 Å². The maximum atomic E-state index is 12.2. The van der Waals surface area contributed by atoms with Crippen LogP contribution in [0, 0.1) is 11.3 Å². The molecule has 0 amide bonds. The van der Waals surface area contributed by atoms with Gasteiger partial charge in [-0.2, -0.15) is 10.4 Å². The van der Waals surface area contributed by atoms with E-state index in [1.54, 1.807) is 25.3 Å². The number of methoxy groups -OCH3 is 1. The van der Waals surface area contributed by atoms with Gasteiger partial charge in [0.15, 0.2) is 0 Å². The number of nitriles is 1. The molecule has 0 N–H and O–H groups in total. The van der Waals surface area contributed by atoms with Gasteiger partial charge in [-0.3, -0.25) is 4.79 Å². The Labute approximate surface area is 127 Å². The lowest BCUT2D eigenvalue weighted by atomic mass is 10.1. The van der Waals surface area contributed by atoms with Gasteiger partial charge in [-0.1, -0.05) is 23.7 Å². The lowest BCUT2D eigenvalue weighted by Crippen LogP contribution is -2.28. The highest BCUT2D eigenvalue weighted by Gasteiger charge is 2.10. The van der Waals surface area contributed by atoms with E-state index in [0.29, 0.717) is 29.4 Å². The minimum Gasteiger partial charge on any atom is -0.383 e. The van der Waals surface area contributed by atoms with Crippen molar-refractivity contribution < 1.29 is 4.74 Å². The zero-order valence-electron chi connectivity index (χ0n) is 11.5. The molecule has 21 heavy (non-hydrogen) atoms. The summed E-state index contributed by atoms with van der Waals surface area (Å²) in [6, 6.07) is 10.8. The average Bonchev–Trinajstić information content (AvgIpc) is 2.49. The molecule has 0 aliphatic heterocycles. The van der Waals surface area contributed by atoms with E-state index < -0.39 is 0 Å². The second-order valence-electron chi connectivity index (χ2n) is 4.42. The molecule has 2 rings (SSSR count). The van der Waals surface area contributed by atoms with Crippen LogP contribution < -0.4 is 5.56 Å². The predicted octanol–water partition coefficient (Wildman–Crippen LogP) is 2.28. The molecular weight excluding hydrogens is 290 g/mol. The van der Waals surface area contributed by atoms with Gasteiger partial charge in [0, 0.05) is 23.3 Å². The molecule has 0 aliphatic carbocycles. The number of hydrogen-bond donors (Lipinski definition) is 0. The molecule has 0 atom stereocenters. The lowest BCUT2D eigenvalue weighted by molar-refractivity contribution is 0.182. The summed E-state index contributed by atoms with van der Waals surface area (Å²) < 4.78 is 6.31. The van der Waals surface area contributed by atoms with E-state index in [2.05, 4.69) is 5.10 Å². The van der Waals surface area contributed by atoms with Crippen molar-refractivity contribution >= 4 is 11.6 Å². The lowest BCUT2D eigenvalue weighted by Gasteiger charge is -2.09. The van der Waals surface area contributed by atoms with Gasteiger partial charge in [-0.25, -0.2) is 4.68 Å². The molecule has 6 heteroatoms. The van der Waals surface area contributed by atoms with E-state index >= 15 is 0 Å². The second-order valence-corrected chi connectivity index (χ2v) is 4.85. The predicted molar refractivity (Wildman–Crippen MR) is 80.1 cm³/mol. The number of halogens is 1. The first kappa shape index (κ1) is 15.2. The van der Waals surface area contributed by atoms with E-state index in [-0.39, 0.29) is 12.0 Å². The van der Waals surface area contributed by atoms with E-state index in [0.717, 1.165) is 5.56 Å². The number of benzene rings is 1. The Morgan fingerprint density at radius 3 is 2.71 bits per heavy atom. The average molecular weight is 304 g/mol. The summed E-state index contributed by atoms with van der Waals surface area (Å²) in [5.74, 6) is 0. The molecule has 2 aromatic rings. The van der Waals surface area contributed by atoms with Crippen LogP contribution in [0.4, 0.5) is 0 Å². The fourth-order valence-electron chi connectivity index (χ4n) is 1.90. The molecule has 0 saturated heterocycles. The van der Waals surface area contributed by atoms with Gasteiger partial charge in [0.25, 0.3) is 5.56 Å². The SMILES string of the molecule is COCCn1nc(-c2ccc(Cl)cc2)cc(CC#N)c1=O. The Morgan fingerprint density at radius 1 is 1.38 bits per heavy atom. The van der Waals surface area contributed by atoms with Gasteiger partial charge in [-0.05, 0) is 18.2 Å². The molecule has 0 bridgehead atoms. The molecule has 1 aromatic heterocycles. The highest BCUT2D eigenvalue weighted by atomic mass is 35.5. The third kappa shape index (κ3) is 3.69. The van der Waals surface area contributed by atoms with Crippen LogP contribution in [0.5, 0.6) is 0 Å². The van der Waals surface area contributed by atoms with Crippen LogP contribution in [-0.4, -0.2) is 23.5 Å². The standard InChI is InChI=1S/C15H14ClN3O2/c1-21-9-8-19-15(20)12(6-7-17)10-14(18-19)11-2-4-13(16)5-3-11/h2-5,10H,6,8-9H2,1H3. The van der Waals surface area contributed by atoms with Crippen molar-refractivity contribution in [1.82, 2.24) is 9.78 Å². The van der Waals surface area contributed by atoms with Crippen LogP contribution in [-0.2, 0) is 17.7 Å². The van der Waals surface area contributed by atoms with Gasteiger partial charge in [0.05, 0.1) is 31.3 Å². The first-order valence-corrected chi connectivity index (χ1v) is 6.76. The molecule has 0 fully saturated rings. The largest absolute Gasteiger partial charge is 0.383 e. The molecule has 1 heterocycles. The summed E-state index contributed by atoms with van der Waals surface area (Å²) in [7, 11) is 1.56. The van der Waals surface area contributed by atoms with E-state index in [1.807, 2.05) is 18.2 Å². The molecule has 0 saturated carbocycles. The summed E-state index contributed by atoms with van der Waals surface area (Å²) in [5.41, 5.74) is 1.64.